The van der Waals surface area contributed by atoms with Gasteiger partial charge in [0.05, 0.1) is 29.0 Å². The van der Waals surface area contributed by atoms with Gasteiger partial charge in [0.1, 0.15) is 5.82 Å². The minimum Gasteiger partial charge on any atom is -0.379 e. The molecule has 0 amide bonds. The van der Waals surface area contributed by atoms with E-state index in [0.29, 0.717) is 6.04 Å². The first kappa shape index (κ1) is 18.1. The van der Waals surface area contributed by atoms with Crippen molar-refractivity contribution in [3.05, 3.63) is 53.7 Å². The predicted molar refractivity (Wildman–Crippen MR) is 115 cm³/mol. The Labute approximate surface area is 170 Å². The van der Waals surface area contributed by atoms with E-state index < -0.39 is 0 Å². The fourth-order valence-electron chi connectivity index (χ4n) is 4.38. The highest BCUT2D eigenvalue weighted by Crippen LogP contribution is 2.29. The average Bonchev–Trinajstić information content (AvgIpc) is 3.25. The molecular weight excluding hydrogens is 362 g/mol. The van der Waals surface area contributed by atoms with Crippen LogP contribution in [0.2, 0.25) is 0 Å². The predicted octanol–water partition coefficient (Wildman–Crippen LogP) is 3.25. The van der Waals surface area contributed by atoms with E-state index in [0.717, 1.165) is 60.8 Å². The molecule has 29 heavy (non-hydrogen) atoms. The number of hydrogen-bond donors (Lipinski definition) is 1. The summed E-state index contributed by atoms with van der Waals surface area (Å²) in [7, 11) is 2.19. The monoisotopic (exact) mass is 389 g/mol. The van der Waals surface area contributed by atoms with Gasteiger partial charge in [0, 0.05) is 17.9 Å². The van der Waals surface area contributed by atoms with E-state index >= 15 is 0 Å². The molecule has 150 valence electrons. The molecule has 0 unspecified atom stereocenters. The number of pyridine rings is 2. The summed E-state index contributed by atoms with van der Waals surface area (Å²) in [6.07, 6.45) is 4.13. The summed E-state index contributed by atoms with van der Waals surface area (Å²) in [5.41, 5.74) is 6.55. The zero-order valence-corrected chi connectivity index (χ0v) is 17.3. The zero-order chi connectivity index (χ0) is 20.0. The summed E-state index contributed by atoms with van der Waals surface area (Å²) >= 11 is 0. The molecule has 5 rings (SSSR count). The number of rotatable bonds is 4. The van der Waals surface area contributed by atoms with Crippen molar-refractivity contribution in [2.75, 3.05) is 25.5 Å². The summed E-state index contributed by atoms with van der Waals surface area (Å²) in [5, 5.41) is 12.6. The normalized spacial score (nSPS) is 16.1. The minimum atomic E-state index is 0.463. The summed E-state index contributed by atoms with van der Waals surface area (Å²) in [5.74, 6) is 0.909. The Bertz CT molecular complexity index is 1150. The molecule has 0 spiro atoms. The summed E-state index contributed by atoms with van der Waals surface area (Å²) in [6.45, 7) is 7.16. The maximum absolute atomic E-state index is 4.52. The Balaban J connectivity index is 1.61. The smallest absolute Gasteiger partial charge is 0.184 e. The Morgan fingerprint density at radius 2 is 1.90 bits per heavy atom. The van der Waals surface area contributed by atoms with E-state index in [2.05, 4.69) is 66.5 Å². The van der Waals surface area contributed by atoms with Crippen LogP contribution in [0.25, 0.3) is 16.7 Å². The Kier molecular flexibility index (Phi) is 4.47. The first-order valence-electron chi connectivity index (χ1n) is 10.3. The fourth-order valence-corrected chi connectivity index (χ4v) is 4.38. The summed E-state index contributed by atoms with van der Waals surface area (Å²) in [4.78, 5) is 6.91. The Morgan fingerprint density at radius 3 is 2.66 bits per heavy atom. The van der Waals surface area contributed by atoms with Crippen molar-refractivity contribution in [2.24, 2.45) is 0 Å². The van der Waals surface area contributed by atoms with E-state index in [1.54, 1.807) is 0 Å². The van der Waals surface area contributed by atoms with Crippen LogP contribution < -0.4 is 5.32 Å². The topological polar surface area (TPSA) is 63.3 Å². The van der Waals surface area contributed by atoms with Crippen LogP contribution in [-0.4, -0.2) is 55.2 Å². The standard InChI is InChI=1S/C22H27N7/c1-15-12-21-20(28(15)14-18-6-4-5-9-23-18)13-19(22-26-25-16(2)29(21)22)24-17-7-10-27(3)11-8-17/h4-6,9,12-13,17,24H,7-8,10-11,14H2,1-3H3. The van der Waals surface area contributed by atoms with Gasteiger partial charge in [0.15, 0.2) is 5.65 Å². The van der Waals surface area contributed by atoms with Crippen molar-refractivity contribution in [2.45, 2.75) is 39.3 Å². The van der Waals surface area contributed by atoms with Gasteiger partial charge in [-0.1, -0.05) is 6.07 Å². The van der Waals surface area contributed by atoms with E-state index in [9.17, 15) is 0 Å². The van der Waals surface area contributed by atoms with Crippen molar-refractivity contribution in [3.8, 4) is 0 Å². The van der Waals surface area contributed by atoms with Crippen LogP contribution in [0, 0.1) is 13.8 Å². The number of piperidine rings is 1. The number of likely N-dealkylation sites (tertiary alicyclic amines) is 1. The van der Waals surface area contributed by atoms with Crippen molar-refractivity contribution >= 4 is 22.4 Å². The van der Waals surface area contributed by atoms with Gasteiger partial charge in [0.2, 0.25) is 0 Å². The molecule has 0 saturated carbocycles. The van der Waals surface area contributed by atoms with Gasteiger partial charge in [-0.25, -0.2) is 0 Å². The van der Waals surface area contributed by atoms with E-state index in [1.165, 1.54) is 11.2 Å². The molecule has 5 heterocycles. The lowest BCUT2D eigenvalue weighted by Crippen LogP contribution is -2.36. The number of anilines is 1. The third-order valence-electron chi connectivity index (χ3n) is 6.04. The number of aryl methyl sites for hydroxylation is 2. The van der Waals surface area contributed by atoms with Crippen molar-refractivity contribution < 1.29 is 0 Å². The molecule has 1 aliphatic rings. The molecule has 0 aromatic carbocycles. The highest BCUT2D eigenvalue weighted by Gasteiger charge is 2.21. The van der Waals surface area contributed by atoms with Gasteiger partial charge in [0.25, 0.3) is 0 Å². The van der Waals surface area contributed by atoms with E-state index in [4.69, 9.17) is 0 Å². The Morgan fingerprint density at radius 1 is 1.07 bits per heavy atom. The second kappa shape index (κ2) is 7.15. The molecule has 0 bridgehead atoms. The van der Waals surface area contributed by atoms with Gasteiger partial charge in [-0.05, 0) is 71.1 Å². The number of fused-ring (bicyclic) bond motifs is 3. The molecular formula is C22H27N7. The van der Waals surface area contributed by atoms with Crippen molar-refractivity contribution in [1.29, 1.82) is 0 Å². The minimum absolute atomic E-state index is 0.463. The maximum atomic E-state index is 4.52. The van der Waals surface area contributed by atoms with Gasteiger partial charge < -0.3 is 14.8 Å². The van der Waals surface area contributed by atoms with E-state index in [-0.39, 0.29) is 0 Å². The van der Waals surface area contributed by atoms with Crippen LogP contribution in [0.3, 0.4) is 0 Å². The SMILES string of the molecule is Cc1cc2c(cc(NC3CCN(C)CC3)c3nnc(C)n32)n1Cc1ccccn1. The molecule has 1 fully saturated rings. The highest BCUT2D eigenvalue weighted by atomic mass is 15.3. The van der Waals surface area contributed by atoms with Gasteiger partial charge in [-0.2, -0.15) is 0 Å². The number of nitrogens with zero attached hydrogens (tertiary/aromatic N) is 6. The lowest BCUT2D eigenvalue weighted by molar-refractivity contribution is 0.264. The van der Waals surface area contributed by atoms with Crippen LogP contribution in [0.4, 0.5) is 5.69 Å². The van der Waals surface area contributed by atoms with Crippen molar-refractivity contribution in [3.63, 3.8) is 0 Å². The highest BCUT2D eigenvalue weighted by molar-refractivity contribution is 5.88. The number of aromatic nitrogens is 5. The first-order chi connectivity index (χ1) is 14.1. The average molecular weight is 390 g/mol. The number of nitrogens with one attached hydrogen (secondary N) is 1. The molecule has 0 aliphatic carbocycles. The molecule has 7 nitrogen and oxygen atoms in total. The molecule has 4 aromatic heterocycles. The molecule has 0 radical (unpaired) electrons. The molecule has 1 N–H and O–H groups in total. The fraction of sp³-hybridized carbons (Fsp3) is 0.409. The van der Waals surface area contributed by atoms with Gasteiger partial charge in [-0.3, -0.25) is 9.38 Å². The van der Waals surface area contributed by atoms with Crippen LogP contribution >= 0.6 is 0 Å². The molecule has 0 atom stereocenters. The van der Waals surface area contributed by atoms with Crippen LogP contribution in [-0.2, 0) is 6.54 Å². The summed E-state index contributed by atoms with van der Waals surface area (Å²) < 4.78 is 4.50. The van der Waals surface area contributed by atoms with Crippen molar-refractivity contribution in [1.82, 2.24) is 29.0 Å². The molecule has 1 aliphatic heterocycles. The first-order valence-corrected chi connectivity index (χ1v) is 10.3. The van der Waals surface area contributed by atoms with Crippen LogP contribution in [0.15, 0.2) is 36.5 Å². The number of hydrogen-bond acceptors (Lipinski definition) is 5. The second-order valence-corrected chi connectivity index (χ2v) is 8.15. The lowest BCUT2D eigenvalue weighted by Gasteiger charge is -2.30. The maximum Gasteiger partial charge on any atom is 0.184 e. The van der Waals surface area contributed by atoms with Gasteiger partial charge >= 0.3 is 0 Å². The van der Waals surface area contributed by atoms with Gasteiger partial charge in [-0.15, -0.1) is 10.2 Å². The second-order valence-electron chi connectivity index (χ2n) is 8.15. The van der Waals surface area contributed by atoms with E-state index in [1.807, 2.05) is 25.3 Å². The quantitative estimate of drug-likeness (QED) is 0.580. The molecule has 4 aromatic rings. The molecule has 1 saturated heterocycles. The summed E-state index contributed by atoms with van der Waals surface area (Å²) in [6, 6.07) is 11.0. The molecule has 7 heteroatoms. The lowest BCUT2D eigenvalue weighted by atomic mass is 10.1. The van der Waals surface area contributed by atoms with Crippen LogP contribution in [0.5, 0.6) is 0 Å². The third kappa shape index (κ3) is 3.25. The third-order valence-corrected chi connectivity index (χ3v) is 6.04. The largest absolute Gasteiger partial charge is 0.379 e. The van der Waals surface area contributed by atoms with Crippen LogP contribution in [0.1, 0.15) is 30.1 Å². The zero-order valence-electron chi connectivity index (χ0n) is 17.3. The Hall–Kier alpha value is -2.93.